The van der Waals surface area contributed by atoms with E-state index in [-0.39, 0.29) is 11.7 Å². The maximum atomic E-state index is 13.3. The lowest BCUT2D eigenvalue weighted by atomic mass is 9.89. The number of rotatable bonds is 3. The third-order valence-corrected chi connectivity index (χ3v) is 3.86. The van der Waals surface area contributed by atoms with Crippen LogP contribution in [-0.4, -0.2) is 12.2 Å². The monoisotopic (exact) mass is 252 g/mol. The fourth-order valence-corrected chi connectivity index (χ4v) is 2.82. The lowest BCUT2D eigenvalue weighted by Crippen LogP contribution is -2.13. The highest BCUT2D eigenvalue weighted by Gasteiger charge is 2.25. The van der Waals surface area contributed by atoms with E-state index in [0.29, 0.717) is 11.3 Å². The Bertz CT molecular complexity index is 384. The lowest BCUT2D eigenvalue weighted by Gasteiger charge is -2.23. The van der Waals surface area contributed by atoms with Crippen molar-refractivity contribution in [2.24, 2.45) is 5.92 Å². The van der Waals surface area contributed by atoms with E-state index in [1.165, 1.54) is 25.0 Å². The van der Waals surface area contributed by atoms with Gasteiger partial charge < -0.3 is 9.84 Å². The molecule has 1 aromatic carbocycles. The second kappa shape index (κ2) is 6.19. The Balaban J connectivity index is 2.20. The standard InChI is InChI=1S/C15H21FO2/c1-18-14-9-8-12(16)10-13(14)15(17)11-6-4-2-3-5-7-11/h8-11,15,17H,2-7H2,1H3. The van der Waals surface area contributed by atoms with Crippen molar-refractivity contribution in [3.05, 3.63) is 29.6 Å². The molecule has 0 amide bonds. The zero-order chi connectivity index (χ0) is 13.0. The molecule has 0 saturated heterocycles. The quantitative estimate of drug-likeness (QED) is 0.828. The highest BCUT2D eigenvalue weighted by atomic mass is 19.1. The fraction of sp³-hybridized carbons (Fsp3) is 0.600. The third kappa shape index (κ3) is 3.02. The number of aliphatic hydroxyl groups is 1. The zero-order valence-electron chi connectivity index (χ0n) is 10.9. The number of hydrogen-bond donors (Lipinski definition) is 1. The van der Waals surface area contributed by atoms with Crippen molar-refractivity contribution in [1.82, 2.24) is 0 Å². The van der Waals surface area contributed by atoms with Gasteiger partial charge in [-0.3, -0.25) is 0 Å². The van der Waals surface area contributed by atoms with Crippen LogP contribution in [0.1, 0.15) is 50.2 Å². The average Bonchev–Trinajstić information content (AvgIpc) is 2.66. The van der Waals surface area contributed by atoms with Gasteiger partial charge in [0.05, 0.1) is 13.2 Å². The SMILES string of the molecule is COc1ccc(F)cc1C(O)C1CCCCCC1. The van der Waals surface area contributed by atoms with Gasteiger partial charge in [0.2, 0.25) is 0 Å². The first-order chi connectivity index (χ1) is 8.72. The van der Waals surface area contributed by atoms with Crippen LogP contribution >= 0.6 is 0 Å². The number of methoxy groups -OCH3 is 1. The maximum Gasteiger partial charge on any atom is 0.124 e. The molecule has 0 spiro atoms. The third-order valence-electron chi connectivity index (χ3n) is 3.86. The second-order valence-corrected chi connectivity index (χ2v) is 5.08. The second-order valence-electron chi connectivity index (χ2n) is 5.08. The van der Waals surface area contributed by atoms with Crippen LogP contribution in [0.5, 0.6) is 5.75 Å². The van der Waals surface area contributed by atoms with Crippen LogP contribution in [0.4, 0.5) is 4.39 Å². The summed E-state index contributed by atoms with van der Waals surface area (Å²) in [4.78, 5) is 0. The largest absolute Gasteiger partial charge is 0.496 e. The van der Waals surface area contributed by atoms with Crippen LogP contribution in [0.25, 0.3) is 0 Å². The Hall–Kier alpha value is -1.09. The molecule has 18 heavy (non-hydrogen) atoms. The van der Waals surface area contributed by atoms with Crippen molar-refractivity contribution >= 4 is 0 Å². The summed E-state index contributed by atoms with van der Waals surface area (Å²) in [5, 5.41) is 10.5. The zero-order valence-corrected chi connectivity index (χ0v) is 10.9. The molecule has 1 aliphatic rings. The summed E-state index contributed by atoms with van der Waals surface area (Å²) in [6.45, 7) is 0. The van der Waals surface area contributed by atoms with Gasteiger partial charge >= 0.3 is 0 Å². The molecule has 100 valence electrons. The van der Waals surface area contributed by atoms with Gasteiger partial charge in [0.15, 0.2) is 0 Å². The number of ether oxygens (including phenoxy) is 1. The Morgan fingerprint density at radius 3 is 2.50 bits per heavy atom. The van der Waals surface area contributed by atoms with Crippen molar-refractivity contribution in [2.75, 3.05) is 7.11 Å². The van der Waals surface area contributed by atoms with E-state index in [0.717, 1.165) is 25.7 Å². The summed E-state index contributed by atoms with van der Waals surface area (Å²) in [6, 6.07) is 4.35. The van der Waals surface area contributed by atoms with Crippen molar-refractivity contribution in [1.29, 1.82) is 0 Å². The van der Waals surface area contributed by atoms with Crippen molar-refractivity contribution in [2.45, 2.75) is 44.6 Å². The molecule has 0 radical (unpaired) electrons. The lowest BCUT2D eigenvalue weighted by molar-refractivity contribution is 0.0957. The minimum atomic E-state index is -0.617. The molecule has 2 nitrogen and oxygen atoms in total. The smallest absolute Gasteiger partial charge is 0.124 e. The molecule has 2 rings (SSSR count). The number of halogens is 1. The van der Waals surface area contributed by atoms with Crippen LogP contribution < -0.4 is 4.74 Å². The van der Waals surface area contributed by atoms with E-state index in [9.17, 15) is 9.50 Å². The van der Waals surface area contributed by atoms with Gasteiger partial charge in [-0.15, -0.1) is 0 Å². The van der Waals surface area contributed by atoms with Crippen LogP contribution in [-0.2, 0) is 0 Å². The van der Waals surface area contributed by atoms with Gasteiger partial charge in [-0.2, -0.15) is 0 Å². The molecule has 1 fully saturated rings. The van der Waals surface area contributed by atoms with E-state index >= 15 is 0 Å². The van der Waals surface area contributed by atoms with Crippen LogP contribution in [0.15, 0.2) is 18.2 Å². The number of benzene rings is 1. The number of hydrogen-bond acceptors (Lipinski definition) is 2. The summed E-state index contributed by atoms with van der Waals surface area (Å²) in [5.41, 5.74) is 0.587. The van der Waals surface area contributed by atoms with Crippen molar-refractivity contribution < 1.29 is 14.2 Å². The molecule has 0 aromatic heterocycles. The number of aliphatic hydroxyl groups excluding tert-OH is 1. The topological polar surface area (TPSA) is 29.5 Å². The predicted molar refractivity (Wildman–Crippen MR) is 69.1 cm³/mol. The molecule has 1 aromatic rings. The highest BCUT2D eigenvalue weighted by Crippen LogP contribution is 2.37. The van der Waals surface area contributed by atoms with E-state index in [4.69, 9.17) is 4.74 Å². The molecule has 1 saturated carbocycles. The fourth-order valence-electron chi connectivity index (χ4n) is 2.82. The van der Waals surface area contributed by atoms with Gasteiger partial charge in [0.1, 0.15) is 11.6 Å². The maximum absolute atomic E-state index is 13.3. The Morgan fingerprint density at radius 2 is 1.89 bits per heavy atom. The summed E-state index contributed by atoms with van der Waals surface area (Å²) in [5.74, 6) is 0.481. The van der Waals surface area contributed by atoms with E-state index in [1.807, 2.05) is 0 Å². The molecule has 0 aliphatic heterocycles. The molecule has 1 unspecified atom stereocenters. The summed E-state index contributed by atoms with van der Waals surface area (Å²) in [7, 11) is 1.55. The first-order valence-corrected chi connectivity index (χ1v) is 6.74. The molecule has 1 N–H and O–H groups in total. The Morgan fingerprint density at radius 1 is 1.22 bits per heavy atom. The highest BCUT2D eigenvalue weighted by molar-refractivity contribution is 5.36. The van der Waals surface area contributed by atoms with Crippen LogP contribution in [0, 0.1) is 11.7 Å². The molecular formula is C15H21FO2. The summed E-state index contributed by atoms with van der Waals surface area (Å²) < 4.78 is 18.5. The molecule has 0 bridgehead atoms. The summed E-state index contributed by atoms with van der Waals surface area (Å²) >= 11 is 0. The molecular weight excluding hydrogens is 231 g/mol. The Labute approximate surface area is 108 Å². The summed E-state index contributed by atoms with van der Waals surface area (Å²) in [6.07, 6.45) is 6.20. The van der Waals surface area contributed by atoms with Crippen LogP contribution in [0.2, 0.25) is 0 Å². The molecule has 1 atom stereocenters. The van der Waals surface area contributed by atoms with Crippen molar-refractivity contribution in [3.63, 3.8) is 0 Å². The van der Waals surface area contributed by atoms with Gasteiger partial charge in [-0.25, -0.2) is 4.39 Å². The van der Waals surface area contributed by atoms with Gasteiger partial charge in [0.25, 0.3) is 0 Å². The molecule has 3 heteroatoms. The van der Waals surface area contributed by atoms with Crippen LogP contribution in [0.3, 0.4) is 0 Å². The van der Waals surface area contributed by atoms with Crippen molar-refractivity contribution in [3.8, 4) is 5.75 Å². The molecule has 0 heterocycles. The van der Waals surface area contributed by atoms with E-state index in [2.05, 4.69) is 0 Å². The minimum Gasteiger partial charge on any atom is -0.496 e. The predicted octanol–water partition coefficient (Wildman–Crippen LogP) is 3.84. The molecule has 1 aliphatic carbocycles. The minimum absolute atomic E-state index is 0.225. The first kappa shape index (κ1) is 13.3. The van der Waals surface area contributed by atoms with Gasteiger partial charge in [0, 0.05) is 5.56 Å². The van der Waals surface area contributed by atoms with Gasteiger partial charge in [-0.05, 0) is 37.0 Å². The van der Waals surface area contributed by atoms with E-state index < -0.39 is 6.10 Å². The Kier molecular flexibility index (Phi) is 4.59. The van der Waals surface area contributed by atoms with E-state index in [1.54, 1.807) is 13.2 Å². The first-order valence-electron chi connectivity index (χ1n) is 6.74. The normalized spacial score (nSPS) is 19.3. The van der Waals surface area contributed by atoms with Gasteiger partial charge in [-0.1, -0.05) is 25.7 Å². The average molecular weight is 252 g/mol.